The van der Waals surface area contributed by atoms with Crippen LogP contribution in [-0.2, 0) is 4.79 Å². The lowest BCUT2D eigenvalue weighted by Crippen LogP contribution is -2.22. The molecular formula is C16H15ClN2O3S. The van der Waals surface area contributed by atoms with Gasteiger partial charge in [-0.2, -0.15) is 0 Å². The highest BCUT2D eigenvalue weighted by atomic mass is 35.5. The minimum atomic E-state index is -0.452. The molecule has 1 atom stereocenters. The molecule has 23 heavy (non-hydrogen) atoms. The van der Waals surface area contributed by atoms with Crippen LogP contribution in [0.15, 0.2) is 47.4 Å². The predicted molar refractivity (Wildman–Crippen MR) is 93.2 cm³/mol. The second-order valence-electron chi connectivity index (χ2n) is 4.96. The van der Waals surface area contributed by atoms with Crippen LogP contribution in [-0.4, -0.2) is 16.1 Å². The summed E-state index contributed by atoms with van der Waals surface area (Å²) in [6.45, 7) is 3.67. The number of nitro groups is 1. The van der Waals surface area contributed by atoms with E-state index in [2.05, 4.69) is 5.32 Å². The molecule has 0 heterocycles. The summed E-state index contributed by atoms with van der Waals surface area (Å²) in [6.07, 6.45) is 0. The van der Waals surface area contributed by atoms with Crippen molar-refractivity contribution in [1.82, 2.24) is 0 Å². The first kappa shape index (κ1) is 17.3. The van der Waals surface area contributed by atoms with E-state index >= 15 is 0 Å². The number of nitrogens with one attached hydrogen (secondary N) is 1. The largest absolute Gasteiger partial charge is 0.325 e. The Morgan fingerprint density at radius 2 is 1.91 bits per heavy atom. The summed E-state index contributed by atoms with van der Waals surface area (Å²) in [5.41, 5.74) is 1.63. The van der Waals surface area contributed by atoms with Crippen molar-refractivity contribution < 1.29 is 9.72 Å². The number of nitro benzene ring substituents is 1. The Morgan fingerprint density at radius 1 is 1.26 bits per heavy atom. The Balaban J connectivity index is 2.02. The Bertz CT molecular complexity index is 735. The van der Waals surface area contributed by atoms with Crippen LogP contribution in [0.2, 0.25) is 5.02 Å². The molecule has 0 saturated heterocycles. The Hall–Kier alpha value is -2.05. The van der Waals surface area contributed by atoms with E-state index in [1.165, 1.54) is 23.9 Å². The van der Waals surface area contributed by atoms with Gasteiger partial charge in [0.1, 0.15) is 0 Å². The average Bonchev–Trinajstić information content (AvgIpc) is 2.51. The second kappa shape index (κ2) is 7.48. The van der Waals surface area contributed by atoms with Gasteiger partial charge >= 0.3 is 0 Å². The number of aryl methyl sites for hydroxylation is 1. The van der Waals surface area contributed by atoms with Gasteiger partial charge in [0.15, 0.2) is 0 Å². The summed E-state index contributed by atoms with van der Waals surface area (Å²) in [7, 11) is 0. The zero-order valence-corrected chi connectivity index (χ0v) is 14.1. The van der Waals surface area contributed by atoms with Gasteiger partial charge in [0, 0.05) is 27.7 Å². The van der Waals surface area contributed by atoms with Gasteiger partial charge in [0.05, 0.1) is 10.2 Å². The molecule has 0 aromatic heterocycles. The third-order valence-corrected chi connectivity index (χ3v) is 4.53. The smallest absolute Gasteiger partial charge is 0.269 e. The number of non-ortho nitro benzene ring substituents is 1. The molecule has 0 saturated carbocycles. The monoisotopic (exact) mass is 350 g/mol. The fourth-order valence-electron chi connectivity index (χ4n) is 1.87. The number of nitrogens with zero attached hydrogens (tertiary/aromatic N) is 1. The summed E-state index contributed by atoms with van der Waals surface area (Å²) in [6, 6.07) is 11.4. The minimum Gasteiger partial charge on any atom is -0.325 e. The third-order valence-electron chi connectivity index (χ3n) is 3.19. The molecule has 0 aliphatic rings. The van der Waals surface area contributed by atoms with Crippen LogP contribution in [0.1, 0.15) is 12.5 Å². The van der Waals surface area contributed by atoms with Crippen LogP contribution in [0.4, 0.5) is 11.4 Å². The third kappa shape index (κ3) is 4.71. The predicted octanol–water partition coefficient (Wildman–Crippen LogP) is 4.68. The average molecular weight is 351 g/mol. The zero-order valence-electron chi connectivity index (χ0n) is 12.6. The molecular weight excluding hydrogens is 336 g/mol. The Kier molecular flexibility index (Phi) is 5.63. The van der Waals surface area contributed by atoms with E-state index in [1.807, 2.05) is 13.0 Å². The number of amides is 1. The van der Waals surface area contributed by atoms with Crippen molar-refractivity contribution in [2.75, 3.05) is 5.32 Å². The molecule has 120 valence electrons. The number of benzene rings is 2. The van der Waals surface area contributed by atoms with Crippen LogP contribution in [0.5, 0.6) is 0 Å². The Labute approximate surface area is 143 Å². The number of anilines is 1. The highest BCUT2D eigenvalue weighted by molar-refractivity contribution is 8.00. The zero-order chi connectivity index (χ0) is 17.0. The van der Waals surface area contributed by atoms with Gasteiger partial charge in [-0.3, -0.25) is 14.9 Å². The van der Waals surface area contributed by atoms with E-state index in [-0.39, 0.29) is 16.8 Å². The normalized spacial score (nSPS) is 11.8. The molecule has 0 aliphatic heterocycles. The van der Waals surface area contributed by atoms with Crippen molar-refractivity contribution in [3.05, 3.63) is 63.2 Å². The lowest BCUT2D eigenvalue weighted by molar-refractivity contribution is -0.384. The maximum absolute atomic E-state index is 12.3. The molecule has 0 unspecified atom stereocenters. The van der Waals surface area contributed by atoms with Gasteiger partial charge in [-0.05, 0) is 43.7 Å². The van der Waals surface area contributed by atoms with Gasteiger partial charge in [-0.15, -0.1) is 11.8 Å². The number of carbonyl (C=O) groups excluding carboxylic acids is 1. The molecule has 1 amide bonds. The standard InChI is InChI=1S/C16H15ClN2O3S/c1-10-3-4-12(17)9-15(10)18-16(20)11(2)23-14-7-5-13(6-8-14)19(21)22/h3-9,11H,1-2H3,(H,18,20)/t11-/m0/s1. The summed E-state index contributed by atoms with van der Waals surface area (Å²) in [5, 5.41) is 13.7. The van der Waals surface area contributed by atoms with Crippen molar-refractivity contribution in [3.8, 4) is 0 Å². The molecule has 5 nitrogen and oxygen atoms in total. The molecule has 2 rings (SSSR count). The van der Waals surface area contributed by atoms with Gasteiger partial charge in [-0.25, -0.2) is 0 Å². The first-order chi connectivity index (χ1) is 10.9. The maximum Gasteiger partial charge on any atom is 0.269 e. The molecule has 7 heteroatoms. The van der Waals surface area contributed by atoms with Gasteiger partial charge in [0.25, 0.3) is 5.69 Å². The molecule has 0 bridgehead atoms. The van der Waals surface area contributed by atoms with Crippen molar-refractivity contribution >= 4 is 40.6 Å². The van der Waals surface area contributed by atoms with Crippen LogP contribution >= 0.6 is 23.4 Å². The topological polar surface area (TPSA) is 72.2 Å². The molecule has 2 aromatic carbocycles. The number of thioether (sulfide) groups is 1. The van der Waals surface area contributed by atoms with Gasteiger partial charge in [-0.1, -0.05) is 17.7 Å². The minimum absolute atomic E-state index is 0.0287. The summed E-state index contributed by atoms with van der Waals surface area (Å²) in [4.78, 5) is 23.2. The number of carbonyl (C=O) groups is 1. The van der Waals surface area contributed by atoms with Crippen LogP contribution in [0.25, 0.3) is 0 Å². The van der Waals surface area contributed by atoms with Crippen LogP contribution in [0, 0.1) is 17.0 Å². The number of rotatable bonds is 5. The van der Waals surface area contributed by atoms with E-state index in [9.17, 15) is 14.9 Å². The highest BCUT2D eigenvalue weighted by Crippen LogP contribution is 2.27. The van der Waals surface area contributed by atoms with Gasteiger partial charge < -0.3 is 5.32 Å². The SMILES string of the molecule is Cc1ccc(Cl)cc1NC(=O)[C@H](C)Sc1ccc([N+](=O)[O-])cc1. The molecule has 1 N–H and O–H groups in total. The van der Waals surface area contributed by atoms with E-state index < -0.39 is 4.92 Å². The van der Waals surface area contributed by atoms with Crippen LogP contribution in [0.3, 0.4) is 0 Å². The maximum atomic E-state index is 12.3. The summed E-state index contributed by atoms with van der Waals surface area (Å²) in [5.74, 6) is -0.154. The second-order valence-corrected chi connectivity index (χ2v) is 6.81. The van der Waals surface area contributed by atoms with Gasteiger partial charge in [0.2, 0.25) is 5.91 Å². The van der Waals surface area contributed by atoms with Crippen molar-refractivity contribution in [3.63, 3.8) is 0 Å². The first-order valence-corrected chi connectivity index (χ1v) is 8.10. The lowest BCUT2D eigenvalue weighted by Gasteiger charge is -2.13. The fraction of sp³-hybridized carbons (Fsp3) is 0.188. The number of hydrogen-bond acceptors (Lipinski definition) is 4. The van der Waals surface area contributed by atoms with Crippen LogP contribution < -0.4 is 5.32 Å². The highest BCUT2D eigenvalue weighted by Gasteiger charge is 2.16. The van der Waals surface area contributed by atoms with E-state index in [4.69, 9.17) is 11.6 Å². The Morgan fingerprint density at radius 3 is 2.52 bits per heavy atom. The number of halogens is 1. The van der Waals surface area contributed by atoms with E-state index in [0.29, 0.717) is 10.7 Å². The number of hydrogen-bond donors (Lipinski definition) is 1. The fourth-order valence-corrected chi connectivity index (χ4v) is 2.91. The lowest BCUT2D eigenvalue weighted by atomic mass is 10.2. The van der Waals surface area contributed by atoms with Crippen molar-refractivity contribution in [2.45, 2.75) is 24.0 Å². The van der Waals surface area contributed by atoms with Crippen molar-refractivity contribution in [1.29, 1.82) is 0 Å². The quantitative estimate of drug-likeness (QED) is 0.483. The van der Waals surface area contributed by atoms with E-state index in [1.54, 1.807) is 31.2 Å². The van der Waals surface area contributed by atoms with E-state index in [0.717, 1.165) is 10.5 Å². The molecule has 0 aliphatic carbocycles. The molecule has 0 spiro atoms. The summed E-state index contributed by atoms with van der Waals surface area (Å²) >= 11 is 7.27. The molecule has 0 fully saturated rings. The molecule has 0 radical (unpaired) electrons. The van der Waals surface area contributed by atoms with Crippen molar-refractivity contribution in [2.24, 2.45) is 0 Å². The first-order valence-electron chi connectivity index (χ1n) is 6.85. The molecule has 2 aromatic rings. The summed E-state index contributed by atoms with van der Waals surface area (Å²) < 4.78 is 0.